The van der Waals surface area contributed by atoms with Crippen molar-refractivity contribution in [3.8, 4) is 11.5 Å². The molecule has 6 nitrogen and oxygen atoms in total. The Hall–Kier alpha value is -2.87. The molecule has 1 N–H and O–H groups in total. The van der Waals surface area contributed by atoms with Crippen LogP contribution >= 0.6 is 0 Å². The lowest BCUT2D eigenvalue weighted by Crippen LogP contribution is -2.30. The van der Waals surface area contributed by atoms with Crippen LogP contribution in [0.3, 0.4) is 0 Å². The zero-order valence-electron chi connectivity index (χ0n) is 18.9. The zero-order chi connectivity index (χ0) is 23.1. The smallest absolute Gasteiger partial charge is 0.387 e. The van der Waals surface area contributed by atoms with Gasteiger partial charge in [-0.05, 0) is 75.2 Å². The number of halogens is 2. The number of hydrogen-bond donors (Lipinski definition) is 1. The van der Waals surface area contributed by atoms with E-state index in [0.29, 0.717) is 13.2 Å². The predicted molar refractivity (Wildman–Crippen MR) is 122 cm³/mol. The van der Waals surface area contributed by atoms with Gasteiger partial charge >= 0.3 is 6.61 Å². The predicted octanol–water partition coefficient (Wildman–Crippen LogP) is 4.67. The molecule has 8 heteroatoms. The van der Waals surface area contributed by atoms with Crippen molar-refractivity contribution in [3.63, 3.8) is 0 Å². The fraction of sp³-hybridized carbons (Fsp3) is 0.458. The van der Waals surface area contributed by atoms with E-state index in [1.807, 2.05) is 24.9 Å². The van der Waals surface area contributed by atoms with Gasteiger partial charge in [-0.2, -0.15) is 8.78 Å². The van der Waals surface area contributed by atoms with Crippen LogP contribution in [0.5, 0.6) is 11.5 Å². The largest absolute Gasteiger partial charge is 0.490 e. The van der Waals surface area contributed by atoms with Gasteiger partial charge in [0.15, 0.2) is 11.5 Å². The summed E-state index contributed by atoms with van der Waals surface area (Å²) in [4.78, 5) is 16.8. The first kappa shape index (κ1) is 23.8. The summed E-state index contributed by atoms with van der Waals surface area (Å²) in [6.45, 7) is 3.98. The molecule has 0 bridgehead atoms. The highest BCUT2D eigenvalue weighted by molar-refractivity contribution is 5.93. The van der Waals surface area contributed by atoms with Crippen molar-refractivity contribution in [2.75, 3.05) is 43.5 Å². The van der Waals surface area contributed by atoms with Crippen molar-refractivity contribution in [1.82, 2.24) is 4.90 Å². The van der Waals surface area contributed by atoms with Gasteiger partial charge in [0.1, 0.15) is 0 Å². The van der Waals surface area contributed by atoms with E-state index in [9.17, 15) is 13.6 Å². The molecule has 3 rings (SSSR count). The normalized spacial score (nSPS) is 13.7. The zero-order valence-corrected chi connectivity index (χ0v) is 18.9. The Morgan fingerprint density at radius 1 is 1.16 bits per heavy atom. The number of likely N-dealkylation sites (N-methyl/N-ethyl adjacent to an activating group) is 1. The SMILES string of the molecule is CCOc1cc(CN(C)CC(=O)Nc2ccc(N3CCCC3)cc2C)ccc1OC(F)F. The molecule has 0 unspecified atom stereocenters. The quantitative estimate of drug-likeness (QED) is 0.574. The van der Waals surface area contributed by atoms with Crippen LogP contribution in [0.4, 0.5) is 20.2 Å². The van der Waals surface area contributed by atoms with Crippen molar-refractivity contribution in [1.29, 1.82) is 0 Å². The molecule has 0 radical (unpaired) electrons. The van der Waals surface area contributed by atoms with Crippen molar-refractivity contribution >= 4 is 17.3 Å². The maximum absolute atomic E-state index is 12.6. The molecule has 1 fully saturated rings. The molecule has 0 aliphatic carbocycles. The van der Waals surface area contributed by atoms with Gasteiger partial charge in [-0.3, -0.25) is 9.69 Å². The fourth-order valence-electron chi connectivity index (χ4n) is 3.88. The van der Waals surface area contributed by atoms with E-state index in [0.717, 1.165) is 29.9 Å². The summed E-state index contributed by atoms with van der Waals surface area (Å²) in [5.41, 5.74) is 3.86. The molecule has 1 aliphatic heterocycles. The Bertz CT molecular complexity index is 917. The minimum atomic E-state index is -2.92. The molecule has 2 aromatic rings. The van der Waals surface area contributed by atoms with Gasteiger partial charge in [-0.25, -0.2) is 0 Å². The summed E-state index contributed by atoms with van der Waals surface area (Å²) in [6, 6.07) is 10.9. The molecule has 1 heterocycles. The third kappa shape index (κ3) is 6.56. The van der Waals surface area contributed by atoms with E-state index in [1.54, 1.807) is 19.1 Å². The van der Waals surface area contributed by atoms with E-state index in [2.05, 4.69) is 27.1 Å². The first-order chi connectivity index (χ1) is 15.4. The Balaban J connectivity index is 1.57. The summed E-state index contributed by atoms with van der Waals surface area (Å²) < 4.78 is 35.1. The van der Waals surface area contributed by atoms with Crippen LogP contribution in [0.1, 0.15) is 30.9 Å². The lowest BCUT2D eigenvalue weighted by molar-refractivity contribution is -0.117. The molecule has 1 amide bonds. The van der Waals surface area contributed by atoms with Crippen LogP contribution in [-0.2, 0) is 11.3 Å². The van der Waals surface area contributed by atoms with E-state index in [-0.39, 0.29) is 24.0 Å². The first-order valence-corrected chi connectivity index (χ1v) is 10.9. The van der Waals surface area contributed by atoms with Crippen LogP contribution in [0.15, 0.2) is 36.4 Å². The van der Waals surface area contributed by atoms with Crippen molar-refractivity contribution in [2.45, 2.75) is 39.8 Å². The molecule has 174 valence electrons. The van der Waals surface area contributed by atoms with E-state index < -0.39 is 6.61 Å². The number of carbonyl (C=O) groups excluding carboxylic acids is 1. The van der Waals surface area contributed by atoms with E-state index >= 15 is 0 Å². The second-order valence-electron chi connectivity index (χ2n) is 8.01. The lowest BCUT2D eigenvalue weighted by Gasteiger charge is -2.20. The van der Waals surface area contributed by atoms with E-state index in [4.69, 9.17) is 4.74 Å². The molecule has 2 aromatic carbocycles. The number of alkyl halides is 2. The molecule has 1 saturated heterocycles. The van der Waals surface area contributed by atoms with E-state index in [1.165, 1.54) is 24.6 Å². The van der Waals surface area contributed by atoms with Crippen LogP contribution < -0.4 is 19.7 Å². The van der Waals surface area contributed by atoms with Gasteiger partial charge in [-0.1, -0.05) is 6.07 Å². The maximum atomic E-state index is 12.6. The minimum absolute atomic E-state index is 0.00107. The van der Waals surface area contributed by atoms with Crippen molar-refractivity contribution in [2.24, 2.45) is 0 Å². The average Bonchev–Trinajstić information content (AvgIpc) is 3.26. The molecule has 0 spiro atoms. The monoisotopic (exact) mass is 447 g/mol. The molecule has 32 heavy (non-hydrogen) atoms. The van der Waals surface area contributed by atoms with Crippen LogP contribution in [0, 0.1) is 6.92 Å². The number of nitrogens with one attached hydrogen (secondary N) is 1. The molecular formula is C24H31F2N3O3. The summed E-state index contributed by atoms with van der Waals surface area (Å²) in [5.74, 6) is 0.142. The van der Waals surface area contributed by atoms with Gasteiger partial charge in [0.25, 0.3) is 0 Å². The van der Waals surface area contributed by atoms with Gasteiger partial charge in [0, 0.05) is 31.0 Å². The summed E-state index contributed by atoms with van der Waals surface area (Å²) in [7, 11) is 1.83. The Morgan fingerprint density at radius 3 is 2.56 bits per heavy atom. The number of ether oxygens (including phenoxy) is 2. The molecular weight excluding hydrogens is 416 g/mol. The topological polar surface area (TPSA) is 54.0 Å². The molecule has 0 aromatic heterocycles. The standard InChI is InChI=1S/C24H31F2N3O3/c1-4-31-22-14-18(7-10-21(22)32-24(25)26)15-28(3)16-23(30)27-20-9-8-19(13-17(20)2)29-11-5-6-12-29/h7-10,13-14,24H,4-6,11-12,15-16H2,1-3H3,(H,27,30). The second kappa shape index (κ2) is 11.1. The molecule has 0 atom stereocenters. The van der Waals surface area contributed by atoms with Gasteiger partial charge < -0.3 is 19.7 Å². The maximum Gasteiger partial charge on any atom is 0.387 e. The number of nitrogens with zero attached hydrogens (tertiary/aromatic N) is 2. The highest BCUT2D eigenvalue weighted by Gasteiger charge is 2.15. The summed E-state index contributed by atoms with van der Waals surface area (Å²) >= 11 is 0. The fourth-order valence-corrected chi connectivity index (χ4v) is 3.88. The van der Waals surface area contributed by atoms with Crippen LogP contribution in [-0.4, -0.2) is 50.7 Å². The lowest BCUT2D eigenvalue weighted by atomic mass is 10.1. The number of aryl methyl sites for hydroxylation is 1. The Labute approximate surface area is 188 Å². The van der Waals surface area contributed by atoms with Crippen LogP contribution in [0.2, 0.25) is 0 Å². The molecule has 1 aliphatic rings. The number of amides is 1. The summed E-state index contributed by atoms with van der Waals surface area (Å²) in [6.07, 6.45) is 2.44. The number of rotatable bonds is 10. The molecule has 0 saturated carbocycles. The van der Waals surface area contributed by atoms with Gasteiger partial charge in [-0.15, -0.1) is 0 Å². The van der Waals surface area contributed by atoms with Crippen molar-refractivity contribution in [3.05, 3.63) is 47.5 Å². The number of benzene rings is 2. The van der Waals surface area contributed by atoms with Gasteiger partial charge in [0.2, 0.25) is 5.91 Å². The first-order valence-electron chi connectivity index (χ1n) is 10.9. The summed E-state index contributed by atoms with van der Waals surface area (Å²) in [5, 5.41) is 2.98. The number of anilines is 2. The third-order valence-corrected chi connectivity index (χ3v) is 5.35. The highest BCUT2D eigenvalue weighted by Crippen LogP contribution is 2.30. The second-order valence-corrected chi connectivity index (χ2v) is 8.01. The Morgan fingerprint density at radius 2 is 1.91 bits per heavy atom. The third-order valence-electron chi connectivity index (χ3n) is 5.35. The average molecular weight is 448 g/mol. The Kier molecular flexibility index (Phi) is 8.27. The van der Waals surface area contributed by atoms with Crippen molar-refractivity contribution < 1.29 is 23.0 Å². The number of hydrogen-bond acceptors (Lipinski definition) is 5. The minimum Gasteiger partial charge on any atom is -0.490 e. The van der Waals surface area contributed by atoms with Gasteiger partial charge in [0.05, 0.1) is 13.2 Å². The van der Waals surface area contributed by atoms with Crippen LogP contribution in [0.25, 0.3) is 0 Å². The number of carbonyl (C=O) groups is 1. The highest BCUT2D eigenvalue weighted by atomic mass is 19.3.